The van der Waals surface area contributed by atoms with Crippen molar-refractivity contribution in [2.75, 3.05) is 24.5 Å². The van der Waals surface area contributed by atoms with E-state index in [1.54, 1.807) is 0 Å². The number of hydrogen-bond donors (Lipinski definition) is 2. The lowest BCUT2D eigenvalue weighted by Crippen LogP contribution is -2.38. The number of H-pyrrole nitrogens is 1. The van der Waals surface area contributed by atoms with Crippen LogP contribution in [0.5, 0.6) is 0 Å². The number of aryl methyl sites for hydroxylation is 2. The minimum Gasteiger partial charge on any atom is -0.339 e. The molecule has 0 radical (unpaired) electrons. The van der Waals surface area contributed by atoms with Gasteiger partial charge in [-0.2, -0.15) is 10.1 Å². The first-order valence-electron chi connectivity index (χ1n) is 7.61. The van der Waals surface area contributed by atoms with Gasteiger partial charge < -0.3 is 10.6 Å². The third kappa shape index (κ3) is 2.78. The molecule has 3 rings (SSSR count). The summed E-state index contributed by atoms with van der Waals surface area (Å²) in [6.45, 7) is 4.78. The lowest BCUT2D eigenvalue weighted by atomic mass is 9.99. The van der Waals surface area contributed by atoms with Crippen molar-refractivity contribution in [1.29, 1.82) is 0 Å². The fourth-order valence-corrected chi connectivity index (χ4v) is 2.95. The van der Waals surface area contributed by atoms with E-state index in [1.807, 2.05) is 17.9 Å². The molecular formula is C14H23N7. The Morgan fingerprint density at radius 3 is 3.10 bits per heavy atom. The molecule has 7 nitrogen and oxygen atoms in total. The van der Waals surface area contributed by atoms with E-state index in [9.17, 15) is 0 Å². The molecule has 0 saturated carbocycles. The zero-order valence-corrected chi connectivity index (χ0v) is 12.7. The average Bonchev–Trinajstić information content (AvgIpc) is 3.13. The first-order chi connectivity index (χ1) is 10.2. The average molecular weight is 289 g/mol. The van der Waals surface area contributed by atoms with E-state index >= 15 is 0 Å². The van der Waals surface area contributed by atoms with Crippen LogP contribution >= 0.6 is 0 Å². The van der Waals surface area contributed by atoms with Crippen LogP contribution in [-0.2, 0) is 13.5 Å². The molecule has 0 aromatic carbocycles. The third-order valence-electron chi connectivity index (χ3n) is 4.10. The van der Waals surface area contributed by atoms with Crippen LogP contribution < -0.4 is 10.6 Å². The summed E-state index contributed by atoms with van der Waals surface area (Å²) in [6, 6.07) is 0. The maximum atomic E-state index is 5.79. The number of rotatable bonds is 4. The summed E-state index contributed by atoms with van der Waals surface area (Å²) in [5.74, 6) is 2.11. The summed E-state index contributed by atoms with van der Waals surface area (Å²) in [5.41, 5.74) is 7.87. The van der Waals surface area contributed by atoms with Crippen molar-refractivity contribution >= 4 is 5.95 Å². The summed E-state index contributed by atoms with van der Waals surface area (Å²) in [5, 5.41) is 11.9. The van der Waals surface area contributed by atoms with Gasteiger partial charge >= 0.3 is 0 Å². The molecule has 3 heterocycles. The lowest BCUT2D eigenvalue weighted by molar-refractivity contribution is 0.420. The number of nitrogens with one attached hydrogen (secondary N) is 1. The Morgan fingerprint density at radius 2 is 2.33 bits per heavy atom. The molecule has 1 atom stereocenters. The molecule has 114 valence electrons. The molecule has 0 spiro atoms. The number of nitrogens with two attached hydrogens (primary N) is 1. The Labute approximate surface area is 124 Å². The first kappa shape index (κ1) is 14.1. The van der Waals surface area contributed by atoms with Gasteiger partial charge in [-0.1, -0.05) is 6.92 Å². The molecule has 3 N–H and O–H groups in total. The molecule has 7 heteroatoms. The summed E-state index contributed by atoms with van der Waals surface area (Å²) in [4.78, 5) is 6.89. The molecule has 1 fully saturated rings. The predicted molar refractivity (Wildman–Crippen MR) is 82.0 cm³/mol. The Kier molecular flexibility index (Phi) is 3.92. The third-order valence-corrected chi connectivity index (χ3v) is 4.10. The van der Waals surface area contributed by atoms with Gasteiger partial charge in [-0.3, -0.25) is 9.78 Å². The van der Waals surface area contributed by atoms with Crippen molar-refractivity contribution in [2.45, 2.75) is 26.2 Å². The fourth-order valence-electron chi connectivity index (χ4n) is 2.95. The zero-order valence-electron chi connectivity index (χ0n) is 12.7. The van der Waals surface area contributed by atoms with Crippen LogP contribution in [0.25, 0.3) is 11.4 Å². The molecule has 1 unspecified atom stereocenters. The second kappa shape index (κ2) is 5.85. The maximum absolute atomic E-state index is 5.79. The van der Waals surface area contributed by atoms with Crippen LogP contribution in [-0.4, -0.2) is 44.6 Å². The van der Waals surface area contributed by atoms with Gasteiger partial charge in [-0.15, -0.1) is 5.10 Å². The van der Waals surface area contributed by atoms with E-state index in [0.717, 1.165) is 55.5 Å². The molecule has 2 aromatic heterocycles. The van der Waals surface area contributed by atoms with Gasteiger partial charge in [-0.05, 0) is 31.7 Å². The maximum Gasteiger partial charge on any atom is 0.245 e. The SMILES string of the molecule is CCc1nn(C)cc1-c1nc(N2CCCC(CN)C2)n[nH]1. The standard InChI is InChI=1S/C14H23N7/c1-3-12-11(9-20(2)19-12)13-16-14(18-17-13)21-6-4-5-10(7-15)8-21/h9-10H,3-8,15H2,1-2H3,(H,16,17,18). The smallest absolute Gasteiger partial charge is 0.245 e. The Hall–Kier alpha value is -1.89. The minimum absolute atomic E-state index is 0.547. The molecule has 2 aromatic rings. The van der Waals surface area contributed by atoms with Gasteiger partial charge in [-0.25, -0.2) is 0 Å². The van der Waals surface area contributed by atoms with Crippen molar-refractivity contribution < 1.29 is 0 Å². The summed E-state index contributed by atoms with van der Waals surface area (Å²) >= 11 is 0. The summed E-state index contributed by atoms with van der Waals surface area (Å²) in [6.07, 6.45) is 5.22. The van der Waals surface area contributed by atoms with Crippen LogP contribution in [0, 0.1) is 5.92 Å². The highest BCUT2D eigenvalue weighted by Gasteiger charge is 2.22. The highest BCUT2D eigenvalue weighted by atomic mass is 15.4. The van der Waals surface area contributed by atoms with Crippen molar-refractivity contribution in [3.8, 4) is 11.4 Å². The predicted octanol–water partition coefficient (Wildman–Crippen LogP) is 0.943. The van der Waals surface area contributed by atoms with Gasteiger partial charge in [0.1, 0.15) is 0 Å². The topological polar surface area (TPSA) is 88.7 Å². The number of piperidine rings is 1. The monoisotopic (exact) mass is 289 g/mol. The molecule has 0 aliphatic carbocycles. The van der Waals surface area contributed by atoms with Gasteiger partial charge in [0.2, 0.25) is 5.95 Å². The van der Waals surface area contributed by atoms with Crippen LogP contribution in [0.2, 0.25) is 0 Å². The molecule has 1 aliphatic heterocycles. The second-order valence-electron chi connectivity index (χ2n) is 5.69. The number of aromatic nitrogens is 5. The highest BCUT2D eigenvalue weighted by molar-refractivity contribution is 5.58. The Morgan fingerprint density at radius 1 is 1.48 bits per heavy atom. The normalized spacial score (nSPS) is 19.2. The molecule has 1 saturated heterocycles. The van der Waals surface area contributed by atoms with Crippen molar-refractivity contribution in [1.82, 2.24) is 25.0 Å². The minimum atomic E-state index is 0.547. The largest absolute Gasteiger partial charge is 0.339 e. The van der Waals surface area contributed by atoms with Gasteiger partial charge in [0.05, 0.1) is 11.3 Å². The van der Waals surface area contributed by atoms with Gasteiger partial charge in [0.15, 0.2) is 5.82 Å². The Balaban J connectivity index is 1.82. The van der Waals surface area contributed by atoms with E-state index in [2.05, 4.69) is 32.1 Å². The fraction of sp³-hybridized carbons (Fsp3) is 0.643. The lowest BCUT2D eigenvalue weighted by Gasteiger charge is -2.31. The van der Waals surface area contributed by atoms with Crippen LogP contribution in [0.3, 0.4) is 0 Å². The highest BCUT2D eigenvalue weighted by Crippen LogP contribution is 2.24. The molecular weight excluding hydrogens is 266 g/mol. The number of anilines is 1. The van der Waals surface area contributed by atoms with Crippen LogP contribution in [0.4, 0.5) is 5.95 Å². The van der Waals surface area contributed by atoms with Gasteiger partial charge in [0.25, 0.3) is 0 Å². The number of hydrogen-bond acceptors (Lipinski definition) is 5. The number of aromatic amines is 1. The van der Waals surface area contributed by atoms with Gasteiger partial charge in [0, 0.05) is 26.3 Å². The van der Waals surface area contributed by atoms with E-state index in [4.69, 9.17) is 5.73 Å². The second-order valence-corrected chi connectivity index (χ2v) is 5.69. The zero-order chi connectivity index (χ0) is 14.8. The van der Waals surface area contributed by atoms with E-state index < -0.39 is 0 Å². The van der Waals surface area contributed by atoms with E-state index in [0.29, 0.717) is 5.92 Å². The molecule has 0 amide bonds. The van der Waals surface area contributed by atoms with E-state index in [1.165, 1.54) is 6.42 Å². The van der Waals surface area contributed by atoms with Crippen molar-refractivity contribution in [3.05, 3.63) is 11.9 Å². The van der Waals surface area contributed by atoms with E-state index in [-0.39, 0.29) is 0 Å². The van der Waals surface area contributed by atoms with Crippen molar-refractivity contribution in [3.63, 3.8) is 0 Å². The Bertz CT molecular complexity index is 600. The molecule has 1 aliphatic rings. The van der Waals surface area contributed by atoms with Crippen molar-refractivity contribution in [2.24, 2.45) is 18.7 Å². The number of nitrogens with zero attached hydrogens (tertiary/aromatic N) is 5. The summed E-state index contributed by atoms with van der Waals surface area (Å²) < 4.78 is 1.82. The van der Waals surface area contributed by atoms with Crippen LogP contribution in [0.1, 0.15) is 25.5 Å². The van der Waals surface area contributed by atoms with Crippen LogP contribution in [0.15, 0.2) is 6.20 Å². The first-order valence-corrected chi connectivity index (χ1v) is 7.61. The summed E-state index contributed by atoms with van der Waals surface area (Å²) in [7, 11) is 1.93. The molecule has 0 bridgehead atoms. The molecule has 21 heavy (non-hydrogen) atoms. The quantitative estimate of drug-likeness (QED) is 0.874.